The second kappa shape index (κ2) is 13.0. The van der Waals surface area contributed by atoms with E-state index in [1.165, 1.54) is 6.20 Å². The monoisotopic (exact) mass is 640 g/mol. The molecule has 0 saturated heterocycles. The average molecular weight is 641 g/mol. The number of nitrogens with one attached hydrogen (secondary N) is 2. The number of ether oxygens (including phenoxy) is 1. The van der Waals surface area contributed by atoms with E-state index in [1.54, 1.807) is 22.7 Å². The zero-order valence-corrected chi connectivity index (χ0v) is 24.9. The predicted octanol–water partition coefficient (Wildman–Crippen LogP) is 7.41. The molecule has 0 aliphatic heterocycles. The molecular weight excluding hydrogens is 616 g/mol. The first-order chi connectivity index (χ1) is 21.1. The van der Waals surface area contributed by atoms with Crippen LogP contribution in [0.4, 0.5) is 18.9 Å². The molecule has 0 aliphatic rings. The number of halogens is 5. The summed E-state index contributed by atoms with van der Waals surface area (Å²) in [7, 11) is 1.13. The molecule has 0 fully saturated rings. The number of methoxy groups -OCH3 is 1. The van der Waals surface area contributed by atoms with Gasteiger partial charge in [0.15, 0.2) is 0 Å². The number of nitrogens with zero attached hydrogens (tertiary/aromatic N) is 2. The van der Waals surface area contributed by atoms with Gasteiger partial charge in [-0.2, -0.15) is 0 Å². The highest BCUT2D eigenvalue weighted by molar-refractivity contribution is 6.39. The largest absolute Gasteiger partial charge is 0.467 e. The number of benzene rings is 3. The van der Waals surface area contributed by atoms with E-state index in [-0.39, 0.29) is 28.2 Å². The topological polar surface area (TPSA) is 84.7 Å². The highest BCUT2D eigenvalue weighted by Gasteiger charge is 2.28. The van der Waals surface area contributed by atoms with Crippen LogP contribution in [0.5, 0.6) is 0 Å². The molecule has 44 heavy (non-hydrogen) atoms. The van der Waals surface area contributed by atoms with Gasteiger partial charge in [-0.1, -0.05) is 53.5 Å². The van der Waals surface area contributed by atoms with Gasteiger partial charge in [-0.15, -0.1) is 0 Å². The molecule has 0 spiro atoms. The molecule has 2 atom stereocenters. The van der Waals surface area contributed by atoms with Gasteiger partial charge < -0.3 is 19.8 Å². The van der Waals surface area contributed by atoms with Gasteiger partial charge in [0.25, 0.3) is 5.91 Å². The minimum atomic E-state index is -1.32. The van der Waals surface area contributed by atoms with E-state index in [2.05, 4.69) is 15.6 Å². The lowest BCUT2D eigenvalue weighted by Gasteiger charge is -2.20. The maximum Gasteiger partial charge on any atom is 0.328 e. The van der Waals surface area contributed by atoms with Gasteiger partial charge >= 0.3 is 5.97 Å². The molecule has 12 heteroatoms. The summed E-state index contributed by atoms with van der Waals surface area (Å²) in [4.78, 5) is 30.2. The van der Waals surface area contributed by atoms with Crippen LogP contribution < -0.4 is 10.6 Å². The van der Waals surface area contributed by atoms with Crippen molar-refractivity contribution >= 4 is 46.4 Å². The summed E-state index contributed by atoms with van der Waals surface area (Å²) in [6.45, 7) is 1.83. The maximum absolute atomic E-state index is 15.1. The van der Waals surface area contributed by atoms with E-state index in [1.807, 2.05) is 37.3 Å². The van der Waals surface area contributed by atoms with Crippen LogP contribution in [0.3, 0.4) is 0 Å². The first-order valence-corrected chi connectivity index (χ1v) is 14.1. The van der Waals surface area contributed by atoms with E-state index < -0.39 is 40.9 Å². The van der Waals surface area contributed by atoms with Crippen molar-refractivity contribution in [2.75, 3.05) is 12.4 Å². The van der Waals surface area contributed by atoms with Gasteiger partial charge in [-0.25, -0.2) is 22.9 Å². The van der Waals surface area contributed by atoms with Crippen LogP contribution in [0.25, 0.3) is 16.8 Å². The van der Waals surface area contributed by atoms with Crippen molar-refractivity contribution in [3.63, 3.8) is 0 Å². The Morgan fingerprint density at radius 2 is 1.64 bits per heavy atom. The number of carbonyl (C=O) groups excluding carboxylic acids is 2. The summed E-state index contributed by atoms with van der Waals surface area (Å²) in [5.41, 5.74) is 1.92. The van der Waals surface area contributed by atoms with Crippen LogP contribution in [0.15, 0.2) is 79.1 Å². The number of rotatable bonds is 9. The summed E-state index contributed by atoms with van der Waals surface area (Å²) >= 11 is 12.6. The van der Waals surface area contributed by atoms with Crippen molar-refractivity contribution in [1.82, 2.24) is 14.7 Å². The van der Waals surface area contributed by atoms with E-state index >= 15 is 8.78 Å². The summed E-state index contributed by atoms with van der Waals surface area (Å²) < 4.78 is 50.5. The smallest absolute Gasteiger partial charge is 0.328 e. The predicted molar refractivity (Wildman–Crippen MR) is 162 cm³/mol. The van der Waals surface area contributed by atoms with Crippen LogP contribution in [0.1, 0.15) is 34.6 Å². The minimum absolute atomic E-state index is 0.0761. The minimum Gasteiger partial charge on any atom is -0.467 e. The SMILES string of the molecule is COC(=O)[C@H](Cc1ccc(-c2c(Cl)cc(F)cc2Cl)c2nccn12)NC(=O)c1c(F)cc(N[C@@H](C)c2ccccc2)cc1F. The van der Waals surface area contributed by atoms with Crippen molar-refractivity contribution in [2.24, 2.45) is 0 Å². The molecule has 5 aromatic rings. The molecular formula is C32H25Cl2F3N4O3. The van der Waals surface area contributed by atoms with Gasteiger partial charge in [0, 0.05) is 47.4 Å². The number of aromatic nitrogens is 2. The molecule has 2 aromatic heterocycles. The van der Waals surface area contributed by atoms with Gasteiger partial charge in [-0.3, -0.25) is 4.79 Å². The highest BCUT2D eigenvalue weighted by Crippen LogP contribution is 2.37. The molecule has 0 aliphatic carbocycles. The molecule has 3 aromatic carbocycles. The maximum atomic E-state index is 15.1. The van der Waals surface area contributed by atoms with E-state index in [9.17, 15) is 14.0 Å². The summed E-state index contributed by atoms with van der Waals surface area (Å²) in [5, 5.41) is 5.57. The number of fused-ring (bicyclic) bond motifs is 1. The molecule has 0 saturated carbocycles. The fourth-order valence-corrected chi connectivity index (χ4v) is 5.62. The van der Waals surface area contributed by atoms with Crippen molar-refractivity contribution < 1.29 is 27.5 Å². The third-order valence-corrected chi connectivity index (χ3v) is 7.66. The molecule has 5 rings (SSSR count). The average Bonchev–Trinajstić information content (AvgIpc) is 3.47. The Kier molecular flexibility index (Phi) is 9.12. The summed E-state index contributed by atoms with van der Waals surface area (Å²) in [6.07, 6.45) is 2.98. The lowest BCUT2D eigenvalue weighted by Crippen LogP contribution is -2.44. The summed E-state index contributed by atoms with van der Waals surface area (Å²) in [6, 6.07) is 15.3. The first-order valence-electron chi connectivity index (χ1n) is 13.4. The standard InChI is InChI=1S/C32H25Cl2F3N4O3/c1-17(18-6-4-3-5-7-18)39-20-14-25(36)29(26(37)15-20)31(42)40-27(32(43)44-2)16-21-8-9-22(30-38-10-11-41(21)30)28-23(33)12-19(35)13-24(28)34/h3-15,17,27,39H,16H2,1-2H3,(H,40,42)/t17-,27-/m0/s1. The van der Waals surface area contributed by atoms with Gasteiger partial charge in [0.2, 0.25) is 0 Å². The Balaban J connectivity index is 1.40. The van der Waals surface area contributed by atoms with E-state index in [0.717, 1.165) is 36.9 Å². The molecule has 7 nitrogen and oxygen atoms in total. The number of esters is 1. The van der Waals surface area contributed by atoms with Crippen LogP contribution in [0, 0.1) is 17.5 Å². The Hall–Kier alpha value is -4.54. The molecule has 1 amide bonds. The second-order valence-corrected chi connectivity index (χ2v) is 10.8. The Morgan fingerprint density at radius 1 is 0.977 bits per heavy atom. The number of hydrogen-bond acceptors (Lipinski definition) is 5. The number of carbonyl (C=O) groups is 2. The van der Waals surface area contributed by atoms with Crippen LogP contribution in [0.2, 0.25) is 10.0 Å². The number of amides is 1. The van der Waals surface area contributed by atoms with Crippen molar-refractivity contribution in [2.45, 2.75) is 25.4 Å². The van der Waals surface area contributed by atoms with Crippen molar-refractivity contribution in [3.05, 3.63) is 123 Å². The van der Waals surface area contributed by atoms with E-state index in [4.69, 9.17) is 27.9 Å². The molecule has 226 valence electrons. The fourth-order valence-electron chi connectivity index (χ4n) is 4.95. The summed E-state index contributed by atoms with van der Waals surface area (Å²) in [5.74, 6) is -4.79. The van der Waals surface area contributed by atoms with Gasteiger partial charge in [0.1, 0.15) is 34.7 Å². The number of imidazole rings is 1. The Morgan fingerprint density at radius 3 is 2.27 bits per heavy atom. The fraction of sp³-hybridized carbons (Fsp3) is 0.156. The molecule has 2 heterocycles. The zero-order chi connectivity index (χ0) is 31.5. The molecule has 2 N–H and O–H groups in total. The third-order valence-electron chi connectivity index (χ3n) is 7.07. The van der Waals surface area contributed by atoms with Crippen molar-refractivity contribution in [3.8, 4) is 11.1 Å². The van der Waals surface area contributed by atoms with Crippen molar-refractivity contribution in [1.29, 1.82) is 0 Å². The molecule has 0 radical (unpaired) electrons. The normalized spacial score (nSPS) is 12.5. The number of pyridine rings is 1. The first kappa shape index (κ1) is 30.9. The van der Waals surface area contributed by atoms with E-state index in [0.29, 0.717) is 22.5 Å². The Labute approximate surface area is 260 Å². The molecule has 0 bridgehead atoms. The lowest BCUT2D eigenvalue weighted by atomic mass is 10.0. The third kappa shape index (κ3) is 6.36. The van der Waals surface area contributed by atoms with Gasteiger partial charge in [0.05, 0.1) is 17.2 Å². The van der Waals surface area contributed by atoms with Crippen LogP contribution >= 0.6 is 23.2 Å². The lowest BCUT2D eigenvalue weighted by molar-refractivity contribution is -0.142. The number of anilines is 1. The Bertz CT molecular complexity index is 1820. The highest BCUT2D eigenvalue weighted by atomic mass is 35.5. The zero-order valence-electron chi connectivity index (χ0n) is 23.4. The van der Waals surface area contributed by atoms with Gasteiger partial charge in [-0.05, 0) is 48.9 Å². The van der Waals surface area contributed by atoms with Crippen LogP contribution in [-0.4, -0.2) is 34.4 Å². The van der Waals surface area contributed by atoms with Crippen LogP contribution in [-0.2, 0) is 16.0 Å². The quantitative estimate of drug-likeness (QED) is 0.164. The second-order valence-electron chi connectivity index (χ2n) is 9.95. The molecule has 0 unspecified atom stereocenters. The number of hydrogen-bond donors (Lipinski definition) is 2.